The van der Waals surface area contributed by atoms with Gasteiger partial charge in [0, 0.05) is 4.47 Å². The van der Waals surface area contributed by atoms with Crippen molar-refractivity contribution in [2.75, 3.05) is 0 Å². The first-order valence-electron chi connectivity index (χ1n) is 3.82. The molecule has 0 radical (unpaired) electrons. The second-order valence-corrected chi connectivity index (χ2v) is 3.97. The number of aromatic hydroxyl groups is 1. The zero-order chi connectivity index (χ0) is 9.14. The van der Waals surface area contributed by atoms with Crippen LogP contribution in [0.5, 0.6) is 5.75 Å². The molecule has 0 saturated carbocycles. The molecule has 1 aromatic rings. The van der Waals surface area contributed by atoms with Crippen LogP contribution in [0.1, 0.15) is 18.9 Å². The largest absolute Gasteiger partial charge is 0.506 e. The second-order valence-electron chi connectivity index (χ2n) is 2.65. The van der Waals surface area contributed by atoms with Crippen LogP contribution < -0.4 is 0 Å². The van der Waals surface area contributed by atoms with Gasteiger partial charge in [-0.3, -0.25) is 0 Å². The van der Waals surface area contributed by atoms with E-state index in [1.54, 1.807) is 6.07 Å². The quantitative estimate of drug-likeness (QED) is 0.846. The summed E-state index contributed by atoms with van der Waals surface area (Å²) in [5, 5.41) is 9.91. The van der Waals surface area contributed by atoms with Crippen LogP contribution in [0.4, 0.5) is 0 Å². The van der Waals surface area contributed by atoms with Crippen molar-refractivity contribution in [2.45, 2.75) is 19.8 Å². The van der Waals surface area contributed by atoms with E-state index in [0.717, 1.165) is 22.9 Å². The number of aryl methyl sites for hydroxylation is 1. The number of hydrogen-bond acceptors (Lipinski definition) is 1. The van der Waals surface area contributed by atoms with Crippen LogP contribution in [0.3, 0.4) is 0 Å². The fourth-order valence-electron chi connectivity index (χ4n) is 1.08. The van der Waals surface area contributed by atoms with Crippen LogP contribution in [0.2, 0.25) is 5.02 Å². The predicted octanol–water partition coefficient (Wildman–Crippen LogP) is 3.76. The van der Waals surface area contributed by atoms with Crippen LogP contribution >= 0.6 is 27.5 Å². The van der Waals surface area contributed by atoms with E-state index in [2.05, 4.69) is 22.9 Å². The molecule has 66 valence electrons. The lowest BCUT2D eigenvalue weighted by atomic mass is 10.1. The molecule has 3 heteroatoms. The van der Waals surface area contributed by atoms with E-state index in [0.29, 0.717) is 5.02 Å². The smallest absolute Gasteiger partial charge is 0.137 e. The van der Waals surface area contributed by atoms with Crippen molar-refractivity contribution in [2.24, 2.45) is 0 Å². The molecule has 0 atom stereocenters. The lowest BCUT2D eigenvalue weighted by Crippen LogP contribution is -1.85. The fraction of sp³-hybridized carbons (Fsp3) is 0.333. The molecule has 0 amide bonds. The molecule has 0 fully saturated rings. The van der Waals surface area contributed by atoms with Crippen molar-refractivity contribution in [3.05, 3.63) is 27.2 Å². The van der Waals surface area contributed by atoms with Crippen LogP contribution in [-0.2, 0) is 6.42 Å². The standard InChI is InChI=1S/C9H10BrClO/c1-2-3-6-4-7(10)5-8(11)9(6)12/h4-5,12H,2-3H2,1H3. The molecule has 0 spiro atoms. The Labute approximate surface area is 85.5 Å². The zero-order valence-corrected chi connectivity index (χ0v) is 9.11. The summed E-state index contributed by atoms with van der Waals surface area (Å²) in [5.41, 5.74) is 0.900. The molecule has 1 nitrogen and oxygen atoms in total. The van der Waals surface area contributed by atoms with Gasteiger partial charge < -0.3 is 5.11 Å². The lowest BCUT2D eigenvalue weighted by molar-refractivity contribution is 0.468. The Kier molecular flexibility index (Phi) is 3.41. The monoisotopic (exact) mass is 248 g/mol. The first-order chi connectivity index (χ1) is 5.65. The molecule has 0 aliphatic heterocycles. The van der Waals surface area contributed by atoms with Gasteiger partial charge >= 0.3 is 0 Å². The van der Waals surface area contributed by atoms with E-state index < -0.39 is 0 Å². The molecule has 0 bridgehead atoms. The summed E-state index contributed by atoms with van der Waals surface area (Å²) >= 11 is 9.10. The van der Waals surface area contributed by atoms with Crippen molar-refractivity contribution in [1.29, 1.82) is 0 Å². The Hall–Kier alpha value is -0.210. The molecule has 0 unspecified atom stereocenters. The summed E-state index contributed by atoms with van der Waals surface area (Å²) in [7, 11) is 0. The van der Waals surface area contributed by atoms with Gasteiger partial charge in [-0.1, -0.05) is 40.9 Å². The van der Waals surface area contributed by atoms with Gasteiger partial charge in [0.2, 0.25) is 0 Å². The van der Waals surface area contributed by atoms with Crippen LogP contribution in [-0.4, -0.2) is 5.11 Å². The van der Waals surface area contributed by atoms with Gasteiger partial charge in [-0.05, 0) is 24.1 Å². The predicted molar refractivity (Wildman–Crippen MR) is 54.8 cm³/mol. The molecule has 0 aromatic heterocycles. The van der Waals surface area contributed by atoms with Crippen molar-refractivity contribution in [1.82, 2.24) is 0 Å². The third-order valence-corrected chi connectivity index (χ3v) is 2.37. The van der Waals surface area contributed by atoms with E-state index in [-0.39, 0.29) is 5.75 Å². The average Bonchev–Trinajstić information content (AvgIpc) is 2.00. The van der Waals surface area contributed by atoms with E-state index in [1.165, 1.54) is 0 Å². The highest BCUT2D eigenvalue weighted by Gasteiger charge is 2.05. The summed E-state index contributed by atoms with van der Waals surface area (Å²) in [6, 6.07) is 3.58. The van der Waals surface area contributed by atoms with Crippen LogP contribution in [0.25, 0.3) is 0 Å². The topological polar surface area (TPSA) is 20.2 Å². The zero-order valence-electron chi connectivity index (χ0n) is 6.77. The maximum Gasteiger partial charge on any atom is 0.137 e. The molecular weight excluding hydrogens is 239 g/mol. The highest BCUT2D eigenvalue weighted by atomic mass is 79.9. The van der Waals surface area contributed by atoms with Crippen LogP contribution in [0, 0.1) is 0 Å². The van der Waals surface area contributed by atoms with Gasteiger partial charge in [0.05, 0.1) is 5.02 Å². The second kappa shape index (κ2) is 4.15. The molecule has 0 aliphatic carbocycles. The molecular formula is C9H10BrClO. The Morgan fingerprint density at radius 1 is 1.50 bits per heavy atom. The van der Waals surface area contributed by atoms with Crippen LogP contribution in [0.15, 0.2) is 16.6 Å². The number of phenolic OH excluding ortho intramolecular Hbond substituents is 1. The summed E-state index contributed by atoms with van der Waals surface area (Å²) in [6.07, 6.45) is 1.85. The van der Waals surface area contributed by atoms with Gasteiger partial charge in [0.1, 0.15) is 5.75 Å². The maximum absolute atomic E-state index is 9.50. The number of phenols is 1. The normalized spacial score (nSPS) is 10.2. The number of halogens is 2. The Morgan fingerprint density at radius 2 is 2.17 bits per heavy atom. The van der Waals surface area contributed by atoms with Gasteiger partial charge in [0.15, 0.2) is 0 Å². The van der Waals surface area contributed by atoms with E-state index >= 15 is 0 Å². The lowest BCUT2D eigenvalue weighted by Gasteiger charge is -2.05. The van der Waals surface area contributed by atoms with Gasteiger partial charge in [0.25, 0.3) is 0 Å². The Bertz CT molecular complexity index is 286. The van der Waals surface area contributed by atoms with Gasteiger partial charge in [-0.2, -0.15) is 0 Å². The first kappa shape index (κ1) is 9.87. The first-order valence-corrected chi connectivity index (χ1v) is 4.99. The van der Waals surface area contributed by atoms with E-state index in [1.807, 2.05) is 6.07 Å². The van der Waals surface area contributed by atoms with Crippen molar-refractivity contribution < 1.29 is 5.11 Å². The summed E-state index contributed by atoms with van der Waals surface area (Å²) in [4.78, 5) is 0. The molecule has 0 heterocycles. The van der Waals surface area contributed by atoms with Crippen molar-refractivity contribution in [3.8, 4) is 5.75 Å². The molecule has 1 rings (SSSR count). The summed E-state index contributed by atoms with van der Waals surface area (Å²) in [6.45, 7) is 2.06. The molecule has 0 saturated heterocycles. The maximum atomic E-state index is 9.50. The van der Waals surface area contributed by atoms with Crippen molar-refractivity contribution >= 4 is 27.5 Å². The Morgan fingerprint density at radius 3 is 2.75 bits per heavy atom. The molecule has 1 N–H and O–H groups in total. The highest BCUT2D eigenvalue weighted by molar-refractivity contribution is 9.10. The molecule has 1 aromatic carbocycles. The van der Waals surface area contributed by atoms with Crippen molar-refractivity contribution in [3.63, 3.8) is 0 Å². The van der Waals surface area contributed by atoms with E-state index in [4.69, 9.17) is 11.6 Å². The number of hydrogen-bond donors (Lipinski definition) is 1. The molecule has 12 heavy (non-hydrogen) atoms. The minimum Gasteiger partial charge on any atom is -0.506 e. The minimum atomic E-state index is 0.210. The SMILES string of the molecule is CCCc1cc(Br)cc(Cl)c1O. The minimum absolute atomic E-state index is 0.210. The highest BCUT2D eigenvalue weighted by Crippen LogP contribution is 2.31. The summed E-state index contributed by atoms with van der Waals surface area (Å²) < 4.78 is 0.911. The van der Waals surface area contributed by atoms with Gasteiger partial charge in [-0.25, -0.2) is 0 Å². The average molecular weight is 250 g/mol. The molecule has 0 aliphatic rings. The number of rotatable bonds is 2. The number of benzene rings is 1. The third kappa shape index (κ3) is 2.14. The van der Waals surface area contributed by atoms with E-state index in [9.17, 15) is 5.11 Å². The third-order valence-electron chi connectivity index (χ3n) is 1.63. The summed E-state index contributed by atoms with van der Waals surface area (Å²) in [5.74, 6) is 0.210. The fourth-order valence-corrected chi connectivity index (χ4v) is 1.96. The van der Waals surface area contributed by atoms with Gasteiger partial charge in [-0.15, -0.1) is 0 Å². The Balaban J connectivity index is 3.09.